The van der Waals surface area contributed by atoms with E-state index in [1.807, 2.05) is 13.8 Å². The van der Waals surface area contributed by atoms with E-state index in [0.717, 1.165) is 17.8 Å². The van der Waals surface area contributed by atoms with E-state index in [1.165, 1.54) is 0 Å². The molecule has 0 saturated heterocycles. The molecule has 1 rings (SSSR count). The van der Waals surface area contributed by atoms with Crippen molar-refractivity contribution < 1.29 is 14.7 Å². The number of aromatic nitrogens is 1. The van der Waals surface area contributed by atoms with Gasteiger partial charge in [0.25, 0.3) is 0 Å². The van der Waals surface area contributed by atoms with Crippen LogP contribution < -0.4 is 10.6 Å². The highest BCUT2D eigenvalue weighted by molar-refractivity contribution is 7.13. The number of hydrogen-bond acceptors (Lipinski definition) is 4. The molecule has 6 nitrogen and oxygen atoms in total. The number of rotatable bonds is 5. The van der Waals surface area contributed by atoms with Gasteiger partial charge in [0.15, 0.2) is 0 Å². The van der Waals surface area contributed by atoms with Crippen LogP contribution in [0.3, 0.4) is 0 Å². The van der Waals surface area contributed by atoms with Gasteiger partial charge in [0.1, 0.15) is 9.88 Å². The Bertz CT molecular complexity index is 445. The first-order valence-electron chi connectivity index (χ1n) is 5.68. The lowest BCUT2D eigenvalue weighted by atomic mass is 10.3. The molecule has 18 heavy (non-hydrogen) atoms. The van der Waals surface area contributed by atoms with E-state index in [1.54, 1.807) is 6.92 Å². The molecule has 1 unspecified atom stereocenters. The van der Waals surface area contributed by atoms with Gasteiger partial charge in [-0.05, 0) is 20.3 Å². The summed E-state index contributed by atoms with van der Waals surface area (Å²) in [6.07, 6.45) is 0.854. The number of carbonyl (C=O) groups excluding carboxylic acids is 1. The Kier molecular flexibility index (Phi) is 5.08. The standard InChI is InChI=1S/C11H17N3O3S/c1-4-6(2)13-11(17)12-5-8-14-7(3)9(18-8)10(15)16/h6H,4-5H2,1-3H3,(H,15,16)(H2,12,13,17). The zero-order chi connectivity index (χ0) is 13.7. The maximum absolute atomic E-state index is 11.4. The molecule has 0 aliphatic heterocycles. The Morgan fingerprint density at radius 1 is 1.50 bits per heavy atom. The summed E-state index contributed by atoms with van der Waals surface area (Å²) in [4.78, 5) is 26.6. The van der Waals surface area contributed by atoms with Gasteiger partial charge in [0.05, 0.1) is 12.2 Å². The van der Waals surface area contributed by atoms with Gasteiger partial charge in [0.2, 0.25) is 0 Å². The smallest absolute Gasteiger partial charge is 0.347 e. The average molecular weight is 271 g/mol. The largest absolute Gasteiger partial charge is 0.477 e. The van der Waals surface area contributed by atoms with Crippen LogP contribution in [-0.2, 0) is 6.54 Å². The third-order valence-electron chi connectivity index (χ3n) is 2.43. The number of nitrogens with one attached hydrogen (secondary N) is 2. The number of aryl methyl sites for hydroxylation is 1. The van der Waals surface area contributed by atoms with Crippen LogP contribution in [0.2, 0.25) is 0 Å². The van der Waals surface area contributed by atoms with Crippen molar-refractivity contribution in [2.75, 3.05) is 0 Å². The van der Waals surface area contributed by atoms with Gasteiger partial charge in [-0.3, -0.25) is 0 Å². The second-order valence-corrected chi connectivity index (χ2v) is 5.05. The van der Waals surface area contributed by atoms with Crippen molar-refractivity contribution in [3.63, 3.8) is 0 Å². The van der Waals surface area contributed by atoms with Crippen molar-refractivity contribution in [2.24, 2.45) is 0 Å². The number of thiazole rings is 1. The van der Waals surface area contributed by atoms with Gasteiger partial charge in [0, 0.05) is 6.04 Å². The lowest BCUT2D eigenvalue weighted by molar-refractivity contribution is 0.0701. The van der Waals surface area contributed by atoms with Gasteiger partial charge in [-0.2, -0.15) is 0 Å². The molecule has 1 aromatic heterocycles. The first-order valence-corrected chi connectivity index (χ1v) is 6.49. The highest BCUT2D eigenvalue weighted by atomic mass is 32.1. The number of aromatic carboxylic acids is 1. The van der Waals surface area contributed by atoms with E-state index < -0.39 is 5.97 Å². The number of amides is 2. The molecule has 3 N–H and O–H groups in total. The Morgan fingerprint density at radius 3 is 2.67 bits per heavy atom. The molecule has 0 aliphatic rings. The van der Waals surface area contributed by atoms with E-state index in [0.29, 0.717) is 10.7 Å². The molecule has 0 bridgehead atoms. The van der Waals surface area contributed by atoms with Crippen molar-refractivity contribution in [1.29, 1.82) is 0 Å². The van der Waals surface area contributed by atoms with Crippen molar-refractivity contribution in [1.82, 2.24) is 15.6 Å². The highest BCUT2D eigenvalue weighted by Gasteiger charge is 2.14. The lowest BCUT2D eigenvalue weighted by Gasteiger charge is -2.11. The van der Waals surface area contributed by atoms with Crippen LogP contribution in [0.4, 0.5) is 4.79 Å². The fraction of sp³-hybridized carbons (Fsp3) is 0.545. The van der Waals surface area contributed by atoms with Crippen molar-refractivity contribution in [3.05, 3.63) is 15.6 Å². The lowest BCUT2D eigenvalue weighted by Crippen LogP contribution is -2.40. The second-order valence-electron chi connectivity index (χ2n) is 3.96. The molecule has 0 spiro atoms. The molecule has 0 fully saturated rings. The van der Waals surface area contributed by atoms with Crippen LogP contribution >= 0.6 is 11.3 Å². The number of carboxylic acid groups (broad SMARTS) is 1. The molecule has 0 saturated carbocycles. The van der Waals surface area contributed by atoms with Crippen LogP contribution in [0.1, 0.15) is 40.6 Å². The third-order valence-corrected chi connectivity index (χ3v) is 3.57. The summed E-state index contributed by atoms with van der Waals surface area (Å²) in [5.41, 5.74) is 0.478. The number of nitrogens with zero attached hydrogens (tertiary/aromatic N) is 1. The predicted octanol–water partition coefficient (Wildman–Crippen LogP) is 1.75. The topological polar surface area (TPSA) is 91.3 Å². The van der Waals surface area contributed by atoms with E-state index >= 15 is 0 Å². The molecular formula is C11H17N3O3S. The summed E-state index contributed by atoms with van der Waals surface area (Å²) in [5.74, 6) is -0.986. The fourth-order valence-electron chi connectivity index (χ4n) is 1.26. The van der Waals surface area contributed by atoms with E-state index in [4.69, 9.17) is 5.11 Å². The Morgan fingerprint density at radius 2 is 2.17 bits per heavy atom. The van der Waals surface area contributed by atoms with Crippen LogP contribution in [0, 0.1) is 6.92 Å². The maximum atomic E-state index is 11.4. The molecular weight excluding hydrogens is 254 g/mol. The summed E-state index contributed by atoms with van der Waals surface area (Å²) in [7, 11) is 0. The van der Waals surface area contributed by atoms with Gasteiger partial charge in [-0.1, -0.05) is 6.92 Å². The Hall–Kier alpha value is -1.63. The average Bonchev–Trinajstić information content (AvgIpc) is 2.68. The summed E-state index contributed by atoms with van der Waals surface area (Å²) in [6, 6.07) is -0.160. The molecule has 7 heteroatoms. The first-order chi connectivity index (χ1) is 8.43. The number of carboxylic acids is 1. The minimum Gasteiger partial charge on any atom is -0.477 e. The number of hydrogen-bond donors (Lipinski definition) is 3. The zero-order valence-electron chi connectivity index (χ0n) is 10.6. The van der Waals surface area contributed by atoms with Gasteiger partial charge in [-0.15, -0.1) is 11.3 Å². The predicted molar refractivity (Wildman–Crippen MR) is 68.9 cm³/mol. The summed E-state index contributed by atoms with van der Waals surface area (Å²) >= 11 is 1.08. The van der Waals surface area contributed by atoms with E-state index in [-0.39, 0.29) is 23.5 Å². The van der Waals surface area contributed by atoms with Gasteiger partial charge in [-0.25, -0.2) is 14.6 Å². The molecule has 0 aromatic carbocycles. The van der Waals surface area contributed by atoms with Gasteiger partial charge >= 0.3 is 12.0 Å². The first kappa shape index (κ1) is 14.4. The minimum atomic E-state index is -0.986. The van der Waals surface area contributed by atoms with Crippen LogP contribution in [-0.4, -0.2) is 28.1 Å². The molecule has 1 heterocycles. The van der Waals surface area contributed by atoms with Crippen molar-refractivity contribution in [2.45, 2.75) is 39.8 Å². The molecule has 2 amide bonds. The second kappa shape index (κ2) is 6.34. The third kappa shape index (κ3) is 3.99. The van der Waals surface area contributed by atoms with E-state index in [2.05, 4.69) is 15.6 Å². The summed E-state index contributed by atoms with van der Waals surface area (Å²) < 4.78 is 0. The molecule has 1 aromatic rings. The SMILES string of the molecule is CCC(C)NC(=O)NCc1nc(C)c(C(=O)O)s1. The van der Waals surface area contributed by atoms with E-state index in [9.17, 15) is 9.59 Å². The minimum absolute atomic E-state index is 0.109. The number of carbonyl (C=O) groups is 2. The van der Waals surface area contributed by atoms with Crippen LogP contribution in [0.25, 0.3) is 0 Å². The zero-order valence-corrected chi connectivity index (χ0v) is 11.4. The van der Waals surface area contributed by atoms with Gasteiger partial charge < -0.3 is 15.7 Å². The molecule has 0 radical (unpaired) electrons. The summed E-state index contributed by atoms with van der Waals surface area (Å²) in [5, 5.41) is 14.9. The normalized spacial score (nSPS) is 11.9. The molecule has 100 valence electrons. The highest BCUT2D eigenvalue weighted by Crippen LogP contribution is 2.17. The Balaban J connectivity index is 2.51. The Labute approximate surface area is 109 Å². The maximum Gasteiger partial charge on any atom is 0.347 e. The number of urea groups is 1. The van der Waals surface area contributed by atoms with Crippen molar-refractivity contribution in [3.8, 4) is 0 Å². The van der Waals surface area contributed by atoms with Crippen LogP contribution in [0.5, 0.6) is 0 Å². The monoisotopic (exact) mass is 271 g/mol. The van der Waals surface area contributed by atoms with Crippen LogP contribution in [0.15, 0.2) is 0 Å². The van der Waals surface area contributed by atoms with Crippen molar-refractivity contribution >= 4 is 23.3 Å². The fourth-order valence-corrected chi connectivity index (χ4v) is 2.10. The quantitative estimate of drug-likeness (QED) is 0.760. The summed E-state index contributed by atoms with van der Waals surface area (Å²) in [6.45, 7) is 5.77. The molecule has 1 atom stereocenters. The molecule has 0 aliphatic carbocycles.